The Morgan fingerprint density at radius 1 is 0.880 bits per heavy atom. The lowest BCUT2D eigenvalue weighted by Crippen LogP contribution is -2.49. The second kappa shape index (κ2) is 7.59. The Hall–Kier alpha value is -1.84. The highest BCUT2D eigenvalue weighted by Gasteiger charge is 2.37. The number of piperidine rings is 2. The first-order valence-corrected chi connectivity index (χ1v) is 9.64. The van der Waals surface area contributed by atoms with Crippen molar-refractivity contribution >= 4 is 11.8 Å². The monoisotopic (exact) mass is 342 g/mol. The van der Waals surface area contributed by atoms with Crippen molar-refractivity contribution in [3.05, 3.63) is 35.9 Å². The van der Waals surface area contributed by atoms with Crippen LogP contribution in [0.1, 0.15) is 51.5 Å². The number of carbonyl (C=O) groups excluding carboxylic acids is 2. The second-order valence-corrected chi connectivity index (χ2v) is 7.94. The van der Waals surface area contributed by atoms with E-state index in [1.165, 1.54) is 6.42 Å². The summed E-state index contributed by atoms with van der Waals surface area (Å²) in [5, 5.41) is 0. The number of nitrogens with zero attached hydrogens (tertiary/aromatic N) is 2. The van der Waals surface area contributed by atoms with Gasteiger partial charge < -0.3 is 9.80 Å². The van der Waals surface area contributed by atoms with Crippen molar-refractivity contribution in [1.29, 1.82) is 0 Å². The van der Waals surface area contributed by atoms with Gasteiger partial charge in [0.1, 0.15) is 0 Å². The lowest BCUT2D eigenvalue weighted by atomic mass is 9.82. The molecule has 0 atom stereocenters. The Morgan fingerprint density at radius 2 is 1.48 bits per heavy atom. The van der Waals surface area contributed by atoms with Crippen LogP contribution in [0.15, 0.2) is 30.3 Å². The van der Waals surface area contributed by atoms with Gasteiger partial charge in [-0.15, -0.1) is 0 Å². The highest BCUT2D eigenvalue weighted by molar-refractivity contribution is 5.88. The maximum atomic E-state index is 13.0. The summed E-state index contributed by atoms with van der Waals surface area (Å²) in [5.74, 6) is 0.582. The zero-order valence-corrected chi connectivity index (χ0v) is 15.5. The van der Waals surface area contributed by atoms with Crippen LogP contribution in [0.4, 0.5) is 0 Å². The summed E-state index contributed by atoms with van der Waals surface area (Å²) in [6.45, 7) is 7.21. The molecule has 0 aromatic heterocycles. The minimum Gasteiger partial charge on any atom is -0.342 e. The molecule has 1 aromatic carbocycles. The minimum absolute atomic E-state index is 0.0991. The third-order valence-electron chi connectivity index (χ3n) is 5.83. The quantitative estimate of drug-likeness (QED) is 0.846. The molecule has 2 fully saturated rings. The van der Waals surface area contributed by atoms with Crippen LogP contribution in [-0.2, 0) is 15.0 Å². The molecule has 0 bridgehead atoms. The first kappa shape index (κ1) is 18.0. The number of hydrogen-bond donors (Lipinski definition) is 0. The molecule has 2 heterocycles. The van der Waals surface area contributed by atoms with Crippen molar-refractivity contribution in [3.63, 3.8) is 0 Å². The van der Waals surface area contributed by atoms with E-state index in [9.17, 15) is 9.59 Å². The molecule has 136 valence electrons. The Morgan fingerprint density at radius 3 is 2.08 bits per heavy atom. The molecule has 2 amide bonds. The fourth-order valence-electron chi connectivity index (χ4n) is 4.08. The molecule has 0 spiro atoms. The van der Waals surface area contributed by atoms with Gasteiger partial charge in [0.2, 0.25) is 11.8 Å². The smallest absolute Gasteiger partial charge is 0.232 e. The molecule has 1 aromatic rings. The Bertz CT molecular complexity index is 598. The Kier molecular flexibility index (Phi) is 5.45. The number of amides is 2. The van der Waals surface area contributed by atoms with Crippen molar-refractivity contribution < 1.29 is 9.59 Å². The first-order chi connectivity index (χ1) is 12.0. The molecule has 4 heteroatoms. The molecular formula is C21H30N2O2. The summed E-state index contributed by atoms with van der Waals surface area (Å²) in [7, 11) is 0. The molecule has 0 radical (unpaired) electrons. The lowest BCUT2D eigenvalue weighted by molar-refractivity contribution is -0.143. The van der Waals surface area contributed by atoms with Crippen LogP contribution in [0.2, 0.25) is 0 Å². The SMILES string of the molecule is CC(C)(C(=O)N1CCC(C(=O)N2CCCCC2)CC1)c1ccccc1. The van der Waals surface area contributed by atoms with Gasteiger partial charge in [0.25, 0.3) is 0 Å². The van der Waals surface area contributed by atoms with E-state index >= 15 is 0 Å². The summed E-state index contributed by atoms with van der Waals surface area (Å²) in [6.07, 6.45) is 5.10. The molecule has 2 aliphatic rings. The van der Waals surface area contributed by atoms with Crippen LogP contribution in [-0.4, -0.2) is 47.8 Å². The van der Waals surface area contributed by atoms with Crippen LogP contribution in [0, 0.1) is 5.92 Å². The summed E-state index contributed by atoms with van der Waals surface area (Å²) in [5.41, 5.74) is 0.525. The average molecular weight is 342 g/mol. The predicted octanol–water partition coefficient (Wildman–Crippen LogP) is 3.22. The first-order valence-electron chi connectivity index (χ1n) is 9.64. The fourth-order valence-corrected chi connectivity index (χ4v) is 4.08. The van der Waals surface area contributed by atoms with Crippen LogP contribution < -0.4 is 0 Å². The molecule has 2 saturated heterocycles. The highest BCUT2D eigenvalue weighted by atomic mass is 16.2. The van der Waals surface area contributed by atoms with Gasteiger partial charge in [-0.05, 0) is 51.5 Å². The van der Waals surface area contributed by atoms with Gasteiger partial charge in [0.05, 0.1) is 5.41 Å². The Balaban J connectivity index is 1.58. The molecule has 25 heavy (non-hydrogen) atoms. The van der Waals surface area contributed by atoms with Gasteiger partial charge in [-0.3, -0.25) is 9.59 Å². The van der Waals surface area contributed by atoms with Gasteiger partial charge in [-0.2, -0.15) is 0 Å². The summed E-state index contributed by atoms with van der Waals surface area (Å²) in [6, 6.07) is 9.97. The van der Waals surface area contributed by atoms with Crippen LogP contribution in [0.5, 0.6) is 0 Å². The molecule has 0 saturated carbocycles. The van der Waals surface area contributed by atoms with E-state index in [1.54, 1.807) is 0 Å². The molecule has 0 N–H and O–H groups in total. The van der Waals surface area contributed by atoms with E-state index in [0.717, 1.165) is 44.3 Å². The standard InChI is InChI=1S/C21H30N2O2/c1-21(2,18-9-5-3-6-10-18)20(25)23-15-11-17(12-16-23)19(24)22-13-7-4-8-14-22/h3,5-6,9-10,17H,4,7-8,11-16H2,1-2H3. The number of hydrogen-bond acceptors (Lipinski definition) is 2. The topological polar surface area (TPSA) is 40.6 Å². The molecule has 0 unspecified atom stereocenters. The maximum absolute atomic E-state index is 13.0. The normalized spacial score (nSPS) is 19.8. The predicted molar refractivity (Wildman–Crippen MR) is 99.2 cm³/mol. The van der Waals surface area contributed by atoms with Crippen LogP contribution in [0.3, 0.4) is 0 Å². The van der Waals surface area contributed by atoms with E-state index < -0.39 is 5.41 Å². The third kappa shape index (κ3) is 3.88. The maximum Gasteiger partial charge on any atom is 0.232 e. The van der Waals surface area contributed by atoms with Gasteiger partial charge in [0.15, 0.2) is 0 Å². The largest absolute Gasteiger partial charge is 0.342 e. The second-order valence-electron chi connectivity index (χ2n) is 7.94. The summed E-state index contributed by atoms with van der Waals surface area (Å²) >= 11 is 0. The van der Waals surface area contributed by atoms with Crippen molar-refractivity contribution in [1.82, 2.24) is 9.80 Å². The van der Waals surface area contributed by atoms with Gasteiger partial charge in [-0.1, -0.05) is 30.3 Å². The fraction of sp³-hybridized carbons (Fsp3) is 0.619. The van der Waals surface area contributed by atoms with Crippen molar-refractivity contribution in [3.8, 4) is 0 Å². The molecule has 0 aliphatic carbocycles. The van der Waals surface area contributed by atoms with E-state index in [2.05, 4.69) is 0 Å². The van der Waals surface area contributed by atoms with E-state index in [4.69, 9.17) is 0 Å². The van der Waals surface area contributed by atoms with Crippen molar-refractivity contribution in [2.24, 2.45) is 5.92 Å². The Labute approximate surface area is 151 Å². The average Bonchev–Trinajstić information content (AvgIpc) is 2.68. The van der Waals surface area contributed by atoms with E-state index in [0.29, 0.717) is 19.0 Å². The van der Waals surface area contributed by atoms with Crippen LogP contribution in [0.25, 0.3) is 0 Å². The molecular weight excluding hydrogens is 312 g/mol. The molecule has 2 aliphatic heterocycles. The third-order valence-corrected chi connectivity index (χ3v) is 5.83. The molecule has 3 rings (SSSR count). The zero-order chi connectivity index (χ0) is 17.9. The molecule has 4 nitrogen and oxygen atoms in total. The number of carbonyl (C=O) groups is 2. The van der Waals surface area contributed by atoms with Gasteiger partial charge >= 0.3 is 0 Å². The van der Waals surface area contributed by atoms with Crippen molar-refractivity contribution in [2.75, 3.05) is 26.2 Å². The van der Waals surface area contributed by atoms with E-state index in [1.807, 2.05) is 54.0 Å². The van der Waals surface area contributed by atoms with E-state index in [-0.39, 0.29) is 11.8 Å². The number of likely N-dealkylation sites (tertiary alicyclic amines) is 2. The van der Waals surface area contributed by atoms with Gasteiger partial charge in [-0.25, -0.2) is 0 Å². The lowest BCUT2D eigenvalue weighted by Gasteiger charge is -2.38. The zero-order valence-electron chi connectivity index (χ0n) is 15.5. The number of benzene rings is 1. The van der Waals surface area contributed by atoms with Crippen molar-refractivity contribution in [2.45, 2.75) is 51.4 Å². The number of rotatable bonds is 3. The highest BCUT2D eigenvalue weighted by Crippen LogP contribution is 2.29. The summed E-state index contributed by atoms with van der Waals surface area (Å²) in [4.78, 5) is 29.7. The minimum atomic E-state index is -0.523. The van der Waals surface area contributed by atoms with Gasteiger partial charge in [0, 0.05) is 32.1 Å². The van der Waals surface area contributed by atoms with Crippen LogP contribution >= 0.6 is 0 Å². The summed E-state index contributed by atoms with van der Waals surface area (Å²) < 4.78 is 0.